The lowest BCUT2D eigenvalue weighted by atomic mass is 9.78. The van der Waals surface area contributed by atoms with Crippen molar-refractivity contribution in [3.8, 4) is 17.2 Å². The van der Waals surface area contributed by atoms with Gasteiger partial charge in [-0.15, -0.1) is 0 Å². The zero-order valence-electron chi connectivity index (χ0n) is 20.0. The van der Waals surface area contributed by atoms with Gasteiger partial charge in [-0.3, -0.25) is 9.29 Å². The van der Waals surface area contributed by atoms with Crippen molar-refractivity contribution in [1.29, 1.82) is 0 Å². The minimum atomic E-state index is -2.25. The van der Waals surface area contributed by atoms with Gasteiger partial charge in [-0.05, 0) is 60.4 Å². The summed E-state index contributed by atoms with van der Waals surface area (Å²) in [6.45, 7) is 4.26. The second kappa shape index (κ2) is 10.2. The molecule has 5 rings (SSSR count). The van der Waals surface area contributed by atoms with Crippen molar-refractivity contribution in [2.75, 3.05) is 32.9 Å². The predicted molar refractivity (Wildman–Crippen MR) is 129 cm³/mol. The number of alkyl halides is 3. The summed E-state index contributed by atoms with van der Waals surface area (Å²) >= 11 is 0. The van der Waals surface area contributed by atoms with Crippen LogP contribution in [0.2, 0.25) is 0 Å². The Labute approximate surface area is 207 Å². The summed E-state index contributed by atoms with van der Waals surface area (Å²) < 4.78 is 67.1. The fraction of sp³-hybridized carbons (Fsp3) is 0.429. The third kappa shape index (κ3) is 4.83. The van der Waals surface area contributed by atoms with E-state index in [1.54, 1.807) is 18.2 Å². The maximum absolute atomic E-state index is 14.3. The van der Waals surface area contributed by atoms with Crippen LogP contribution in [-0.2, 0) is 0 Å². The number of aromatic hydroxyl groups is 1. The van der Waals surface area contributed by atoms with E-state index in [4.69, 9.17) is 9.47 Å². The average Bonchev–Trinajstić information content (AvgIpc) is 2.83. The third-order valence-electron chi connectivity index (χ3n) is 7.26. The minimum Gasteiger partial charge on any atom is -0.508 e. The van der Waals surface area contributed by atoms with Crippen LogP contribution in [-0.4, -0.2) is 55.3 Å². The summed E-state index contributed by atoms with van der Waals surface area (Å²) in [5.41, 5.74) is 2.89. The number of allylic oxidation sites excluding steroid dienone is 3. The fourth-order valence-corrected chi connectivity index (χ4v) is 5.27. The number of hydrogen-bond donors (Lipinski definition) is 1. The second-order valence-electron chi connectivity index (χ2n) is 9.77. The molecule has 0 radical (unpaired) electrons. The first-order valence-electron chi connectivity index (χ1n) is 12.2. The minimum absolute atomic E-state index is 0.0419. The fourth-order valence-electron chi connectivity index (χ4n) is 5.27. The predicted octanol–water partition coefficient (Wildman–Crippen LogP) is 6.13. The largest absolute Gasteiger partial charge is 0.508 e. The maximum atomic E-state index is 14.3. The van der Waals surface area contributed by atoms with Crippen LogP contribution in [0.4, 0.5) is 17.6 Å². The van der Waals surface area contributed by atoms with Crippen LogP contribution >= 0.6 is 0 Å². The van der Waals surface area contributed by atoms with E-state index < -0.39 is 30.2 Å². The quantitative estimate of drug-likeness (QED) is 0.462. The van der Waals surface area contributed by atoms with Gasteiger partial charge in [0.15, 0.2) is 6.17 Å². The molecule has 4 atom stereocenters. The molecule has 2 aliphatic heterocycles. The molecule has 192 valence electrons. The number of ether oxygens (including phenoxy) is 2. The maximum Gasteiger partial charge on any atom is 0.182 e. The molecule has 1 aliphatic carbocycles. The van der Waals surface area contributed by atoms with Gasteiger partial charge in [0.2, 0.25) is 0 Å². The number of fused-ring (bicyclic) bond motifs is 1. The SMILES string of the molecule is CC1=C(C2C=C(F)C(F)C(F)C2)C(c2ccc(OCCN3CC(CF)C3)cc2)Oc2cc(O)ccc21. The van der Waals surface area contributed by atoms with Gasteiger partial charge in [0.05, 0.1) is 6.67 Å². The Balaban J connectivity index is 1.38. The molecule has 1 fully saturated rings. The Kier molecular flexibility index (Phi) is 6.97. The Morgan fingerprint density at radius 2 is 1.86 bits per heavy atom. The number of likely N-dealkylation sites (tertiary alicyclic amines) is 1. The Morgan fingerprint density at radius 1 is 1.11 bits per heavy atom. The van der Waals surface area contributed by atoms with E-state index in [1.807, 2.05) is 19.1 Å². The van der Waals surface area contributed by atoms with E-state index in [0.717, 1.165) is 36.8 Å². The molecule has 0 bridgehead atoms. The highest BCUT2D eigenvalue weighted by Gasteiger charge is 2.39. The molecule has 36 heavy (non-hydrogen) atoms. The molecule has 0 saturated carbocycles. The van der Waals surface area contributed by atoms with E-state index in [2.05, 4.69) is 4.90 Å². The highest BCUT2D eigenvalue weighted by atomic mass is 19.2. The van der Waals surface area contributed by atoms with Gasteiger partial charge in [0, 0.05) is 43.1 Å². The van der Waals surface area contributed by atoms with Gasteiger partial charge in [-0.1, -0.05) is 12.1 Å². The van der Waals surface area contributed by atoms with Crippen molar-refractivity contribution in [3.05, 3.63) is 71.1 Å². The van der Waals surface area contributed by atoms with Crippen LogP contribution in [0.15, 0.2) is 59.9 Å². The molecule has 2 aromatic rings. The van der Waals surface area contributed by atoms with E-state index in [9.17, 15) is 22.7 Å². The van der Waals surface area contributed by atoms with Crippen molar-refractivity contribution >= 4 is 5.57 Å². The summed E-state index contributed by atoms with van der Waals surface area (Å²) in [4.78, 5) is 2.14. The van der Waals surface area contributed by atoms with Gasteiger partial charge in [-0.2, -0.15) is 0 Å². The Bertz CT molecular complexity index is 1160. The molecular formula is C28H29F4NO3. The lowest BCUT2D eigenvalue weighted by molar-refractivity contribution is 0.0668. The summed E-state index contributed by atoms with van der Waals surface area (Å²) in [7, 11) is 0. The number of phenolic OH excluding ortho intramolecular Hbond substituents is 1. The van der Waals surface area contributed by atoms with Crippen molar-refractivity contribution in [3.63, 3.8) is 0 Å². The third-order valence-corrected chi connectivity index (χ3v) is 7.26. The standard InChI is InChI=1S/C28H29F4NO3/c1-16-22-7-4-20(34)12-25(22)36-28(26(16)19-10-23(30)27(32)24(31)11-19)18-2-5-21(6-3-18)35-9-8-33-14-17(13-29)15-33/h2-7,10,12,17,19,24,27-28,34H,8-9,11,13-15H2,1H3. The summed E-state index contributed by atoms with van der Waals surface area (Å²) in [5, 5.41) is 9.97. The van der Waals surface area contributed by atoms with Crippen LogP contribution in [0, 0.1) is 11.8 Å². The van der Waals surface area contributed by atoms with E-state index in [-0.39, 0.29) is 24.8 Å². The first-order valence-corrected chi connectivity index (χ1v) is 12.2. The zero-order chi connectivity index (χ0) is 25.4. The molecule has 0 spiro atoms. The lowest BCUT2D eigenvalue weighted by Gasteiger charge is -2.37. The average molecular weight is 504 g/mol. The van der Waals surface area contributed by atoms with Gasteiger partial charge in [0.25, 0.3) is 0 Å². The first kappa shape index (κ1) is 24.7. The Morgan fingerprint density at radius 3 is 2.56 bits per heavy atom. The second-order valence-corrected chi connectivity index (χ2v) is 9.77. The lowest BCUT2D eigenvalue weighted by Crippen LogP contribution is -2.49. The van der Waals surface area contributed by atoms with E-state index >= 15 is 0 Å². The number of halogens is 4. The molecule has 0 aromatic heterocycles. The molecular weight excluding hydrogens is 474 g/mol. The number of phenols is 1. The summed E-state index contributed by atoms with van der Waals surface area (Å²) in [5.74, 6) is -0.486. The van der Waals surface area contributed by atoms with E-state index in [1.165, 1.54) is 12.1 Å². The molecule has 3 aliphatic rings. The molecule has 4 nitrogen and oxygen atoms in total. The van der Waals surface area contributed by atoms with Crippen LogP contribution in [0.1, 0.15) is 30.6 Å². The van der Waals surface area contributed by atoms with Crippen LogP contribution < -0.4 is 9.47 Å². The van der Waals surface area contributed by atoms with Crippen LogP contribution in [0.25, 0.3) is 5.57 Å². The van der Waals surface area contributed by atoms with Gasteiger partial charge in [0.1, 0.15) is 42.0 Å². The molecule has 2 aromatic carbocycles. The smallest absolute Gasteiger partial charge is 0.182 e. The topological polar surface area (TPSA) is 41.9 Å². The number of benzene rings is 2. The van der Waals surface area contributed by atoms with Gasteiger partial charge in [-0.25, -0.2) is 13.2 Å². The van der Waals surface area contributed by atoms with Crippen LogP contribution in [0.3, 0.4) is 0 Å². The molecule has 4 unspecified atom stereocenters. The molecule has 0 amide bonds. The number of hydrogen-bond acceptors (Lipinski definition) is 4. The highest BCUT2D eigenvalue weighted by molar-refractivity contribution is 5.76. The summed E-state index contributed by atoms with van der Waals surface area (Å²) in [6.07, 6.45) is -3.89. The van der Waals surface area contributed by atoms with Gasteiger partial charge >= 0.3 is 0 Å². The number of rotatable bonds is 7. The van der Waals surface area contributed by atoms with E-state index in [0.29, 0.717) is 29.2 Å². The number of nitrogens with zero attached hydrogens (tertiary/aromatic N) is 1. The van der Waals surface area contributed by atoms with Crippen molar-refractivity contribution < 1.29 is 32.1 Å². The molecule has 1 N–H and O–H groups in total. The normalized spacial score (nSPS) is 26.6. The van der Waals surface area contributed by atoms with Crippen LogP contribution in [0.5, 0.6) is 17.2 Å². The molecule has 8 heteroatoms. The van der Waals surface area contributed by atoms with Crippen molar-refractivity contribution in [1.82, 2.24) is 4.90 Å². The van der Waals surface area contributed by atoms with Crippen molar-refractivity contribution in [2.45, 2.75) is 31.8 Å². The zero-order valence-corrected chi connectivity index (χ0v) is 20.0. The summed E-state index contributed by atoms with van der Waals surface area (Å²) in [6, 6.07) is 12.0. The first-order chi connectivity index (χ1) is 17.3. The monoisotopic (exact) mass is 503 g/mol. The van der Waals surface area contributed by atoms with Crippen molar-refractivity contribution in [2.24, 2.45) is 11.8 Å². The molecule has 2 heterocycles. The highest BCUT2D eigenvalue weighted by Crippen LogP contribution is 2.49. The van der Waals surface area contributed by atoms with Gasteiger partial charge < -0.3 is 14.6 Å². The Hall–Kier alpha value is -3.00. The molecule has 1 saturated heterocycles.